The molecular formula is C13H15F2NO2. The van der Waals surface area contributed by atoms with Gasteiger partial charge in [0.25, 0.3) is 0 Å². The lowest BCUT2D eigenvalue weighted by molar-refractivity contribution is -0.142. The smallest absolute Gasteiger partial charge is 0.306 e. The Bertz CT molecular complexity index is 451. The van der Waals surface area contributed by atoms with Gasteiger partial charge in [-0.1, -0.05) is 6.42 Å². The van der Waals surface area contributed by atoms with E-state index in [4.69, 9.17) is 5.11 Å². The van der Waals surface area contributed by atoms with Gasteiger partial charge in [-0.3, -0.25) is 4.79 Å². The predicted molar refractivity (Wildman–Crippen MR) is 63.4 cm³/mol. The van der Waals surface area contributed by atoms with Gasteiger partial charge >= 0.3 is 5.97 Å². The van der Waals surface area contributed by atoms with Crippen LogP contribution in [0.15, 0.2) is 18.2 Å². The number of aliphatic carboxylic acids is 1. The topological polar surface area (TPSA) is 49.3 Å². The molecule has 1 aromatic carbocycles. The zero-order valence-electron chi connectivity index (χ0n) is 9.83. The van der Waals surface area contributed by atoms with Crippen LogP contribution in [0.4, 0.5) is 14.5 Å². The fraction of sp³-hybridized carbons (Fsp3) is 0.462. The van der Waals surface area contributed by atoms with Gasteiger partial charge in [0.15, 0.2) is 0 Å². The molecule has 0 aliphatic heterocycles. The Morgan fingerprint density at radius 3 is 2.83 bits per heavy atom. The third kappa shape index (κ3) is 2.97. The third-order valence-electron chi connectivity index (χ3n) is 3.31. The van der Waals surface area contributed by atoms with Crippen LogP contribution < -0.4 is 5.32 Å². The van der Waals surface area contributed by atoms with Gasteiger partial charge in [-0.15, -0.1) is 0 Å². The number of rotatable bonds is 3. The van der Waals surface area contributed by atoms with E-state index in [-0.39, 0.29) is 11.7 Å². The van der Waals surface area contributed by atoms with Crippen molar-refractivity contribution in [1.82, 2.24) is 0 Å². The van der Waals surface area contributed by atoms with E-state index in [9.17, 15) is 13.6 Å². The molecule has 0 amide bonds. The molecule has 0 heterocycles. The van der Waals surface area contributed by atoms with Gasteiger partial charge in [0.1, 0.15) is 11.6 Å². The minimum absolute atomic E-state index is 0.103. The highest BCUT2D eigenvalue weighted by Crippen LogP contribution is 2.28. The second kappa shape index (κ2) is 5.33. The van der Waals surface area contributed by atoms with Crippen LogP contribution in [0, 0.1) is 17.6 Å². The molecule has 0 bridgehead atoms. The molecule has 0 saturated heterocycles. The Kier molecular flexibility index (Phi) is 3.79. The molecule has 5 heteroatoms. The first-order valence-corrected chi connectivity index (χ1v) is 6.00. The van der Waals surface area contributed by atoms with E-state index < -0.39 is 23.5 Å². The largest absolute Gasteiger partial charge is 0.481 e. The van der Waals surface area contributed by atoms with Crippen LogP contribution in [-0.4, -0.2) is 17.1 Å². The zero-order valence-corrected chi connectivity index (χ0v) is 9.83. The van der Waals surface area contributed by atoms with Crippen LogP contribution in [0.1, 0.15) is 25.7 Å². The summed E-state index contributed by atoms with van der Waals surface area (Å²) >= 11 is 0. The normalized spacial score (nSPS) is 23.7. The van der Waals surface area contributed by atoms with Gasteiger partial charge in [-0.05, 0) is 37.5 Å². The Labute approximate surface area is 104 Å². The average Bonchev–Trinajstić information content (AvgIpc) is 2.34. The number of nitrogens with one attached hydrogen (secondary N) is 1. The number of halogens is 2. The van der Waals surface area contributed by atoms with Crippen molar-refractivity contribution in [3.05, 3.63) is 29.8 Å². The molecule has 1 fully saturated rings. The van der Waals surface area contributed by atoms with Gasteiger partial charge < -0.3 is 10.4 Å². The summed E-state index contributed by atoms with van der Waals surface area (Å²) in [6.07, 6.45) is 2.66. The summed E-state index contributed by atoms with van der Waals surface area (Å²) in [5.41, 5.74) is 0.103. The van der Waals surface area contributed by atoms with Crippen molar-refractivity contribution in [2.24, 2.45) is 5.92 Å². The highest BCUT2D eigenvalue weighted by atomic mass is 19.1. The van der Waals surface area contributed by atoms with Gasteiger partial charge in [0.05, 0.1) is 11.6 Å². The average molecular weight is 255 g/mol. The monoisotopic (exact) mass is 255 g/mol. The molecule has 1 saturated carbocycles. The number of carboxylic acids is 1. The van der Waals surface area contributed by atoms with E-state index in [1.165, 1.54) is 0 Å². The van der Waals surface area contributed by atoms with Gasteiger partial charge in [0, 0.05) is 6.04 Å². The molecule has 2 N–H and O–H groups in total. The molecule has 2 rings (SSSR count). The summed E-state index contributed by atoms with van der Waals surface area (Å²) in [7, 11) is 0. The maximum Gasteiger partial charge on any atom is 0.306 e. The van der Waals surface area contributed by atoms with Gasteiger partial charge in [-0.25, -0.2) is 8.78 Å². The first kappa shape index (κ1) is 12.8. The van der Waals surface area contributed by atoms with Crippen LogP contribution in [0.2, 0.25) is 0 Å². The van der Waals surface area contributed by atoms with Crippen LogP contribution >= 0.6 is 0 Å². The zero-order chi connectivity index (χ0) is 13.1. The Morgan fingerprint density at radius 2 is 2.11 bits per heavy atom. The van der Waals surface area contributed by atoms with Crippen molar-refractivity contribution in [2.75, 3.05) is 5.32 Å². The molecule has 98 valence electrons. The lowest BCUT2D eigenvalue weighted by Crippen LogP contribution is -2.31. The van der Waals surface area contributed by atoms with Crippen LogP contribution in [-0.2, 0) is 4.79 Å². The molecule has 1 aromatic rings. The summed E-state index contributed by atoms with van der Waals surface area (Å²) in [4.78, 5) is 10.9. The predicted octanol–water partition coefficient (Wildman–Crippen LogP) is 3.02. The van der Waals surface area contributed by atoms with Gasteiger partial charge in [-0.2, -0.15) is 0 Å². The lowest BCUT2D eigenvalue weighted by Gasteiger charge is -2.28. The summed E-state index contributed by atoms with van der Waals surface area (Å²) < 4.78 is 26.4. The quantitative estimate of drug-likeness (QED) is 0.872. The van der Waals surface area contributed by atoms with E-state index in [1.54, 1.807) is 0 Å². The van der Waals surface area contributed by atoms with Crippen LogP contribution in [0.25, 0.3) is 0 Å². The SMILES string of the molecule is O=C(O)C1CCCC(Nc2cc(F)ccc2F)C1. The highest BCUT2D eigenvalue weighted by molar-refractivity contribution is 5.70. The summed E-state index contributed by atoms with van der Waals surface area (Å²) in [5, 5.41) is 11.9. The third-order valence-corrected chi connectivity index (χ3v) is 3.31. The fourth-order valence-corrected chi connectivity index (χ4v) is 2.37. The van der Waals surface area contributed by atoms with Crippen molar-refractivity contribution in [3.63, 3.8) is 0 Å². The standard InChI is InChI=1S/C13H15F2NO2/c14-9-4-5-11(15)12(7-9)16-10-3-1-2-8(6-10)13(17)18/h4-5,7-8,10,16H,1-3,6H2,(H,17,18). The highest BCUT2D eigenvalue weighted by Gasteiger charge is 2.27. The molecule has 1 aliphatic carbocycles. The number of benzene rings is 1. The maximum atomic E-state index is 13.4. The molecule has 0 radical (unpaired) electrons. The van der Waals surface area contributed by atoms with Crippen LogP contribution in [0.5, 0.6) is 0 Å². The number of hydrogen-bond acceptors (Lipinski definition) is 2. The maximum absolute atomic E-state index is 13.4. The first-order valence-electron chi connectivity index (χ1n) is 6.00. The van der Waals surface area contributed by atoms with Crippen molar-refractivity contribution in [3.8, 4) is 0 Å². The molecule has 1 aliphatic rings. The first-order chi connectivity index (χ1) is 8.56. The molecule has 2 unspecified atom stereocenters. The second-order valence-corrected chi connectivity index (χ2v) is 4.67. The number of carboxylic acid groups (broad SMARTS) is 1. The van der Waals surface area contributed by atoms with Gasteiger partial charge in [0.2, 0.25) is 0 Å². The minimum atomic E-state index is -0.818. The van der Waals surface area contributed by atoms with E-state index >= 15 is 0 Å². The Morgan fingerprint density at radius 1 is 1.33 bits per heavy atom. The fourth-order valence-electron chi connectivity index (χ4n) is 2.37. The van der Waals surface area contributed by atoms with E-state index in [1.807, 2.05) is 0 Å². The number of carbonyl (C=O) groups is 1. The minimum Gasteiger partial charge on any atom is -0.481 e. The van der Waals surface area contributed by atoms with Crippen molar-refractivity contribution in [2.45, 2.75) is 31.7 Å². The van der Waals surface area contributed by atoms with Crippen molar-refractivity contribution >= 4 is 11.7 Å². The molecule has 0 spiro atoms. The van der Waals surface area contributed by atoms with E-state index in [0.717, 1.165) is 31.0 Å². The van der Waals surface area contributed by atoms with Crippen LogP contribution in [0.3, 0.4) is 0 Å². The Hall–Kier alpha value is -1.65. The summed E-state index contributed by atoms with van der Waals surface area (Å²) in [6, 6.07) is 3.10. The van der Waals surface area contributed by atoms with E-state index in [0.29, 0.717) is 12.8 Å². The molecular weight excluding hydrogens is 240 g/mol. The second-order valence-electron chi connectivity index (χ2n) is 4.67. The molecule has 3 nitrogen and oxygen atoms in total. The molecule has 0 aromatic heterocycles. The van der Waals surface area contributed by atoms with Crippen molar-refractivity contribution in [1.29, 1.82) is 0 Å². The molecule has 18 heavy (non-hydrogen) atoms. The summed E-state index contributed by atoms with van der Waals surface area (Å²) in [5.74, 6) is -2.24. The Balaban J connectivity index is 2.04. The number of hydrogen-bond donors (Lipinski definition) is 2. The number of anilines is 1. The van der Waals surface area contributed by atoms with E-state index in [2.05, 4.69) is 5.32 Å². The van der Waals surface area contributed by atoms with Crippen molar-refractivity contribution < 1.29 is 18.7 Å². The molecule has 2 atom stereocenters. The summed E-state index contributed by atoms with van der Waals surface area (Å²) in [6.45, 7) is 0. The lowest BCUT2D eigenvalue weighted by atomic mass is 9.85.